The molecule has 3 nitrogen and oxygen atoms in total. The largest absolute Gasteiger partial charge is 0.288 e. The molecule has 0 fully saturated rings. The zero-order chi connectivity index (χ0) is 13.8. The lowest BCUT2D eigenvalue weighted by Gasteiger charge is -2.14. The average molecular weight is 294 g/mol. The summed E-state index contributed by atoms with van der Waals surface area (Å²) in [4.78, 5) is 13.1. The summed E-state index contributed by atoms with van der Waals surface area (Å²) < 4.78 is 0. The van der Waals surface area contributed by atoms with E-state index in [0.29, 0.717) is 0 Å². The van der Waals surface area contributed by atoms with E-state index in [1.165, 1.54) is 11.3 Å². The number of aryl methyl sites for hydroxylation is 1. The molecule has 0 aromatic carbocycles. The number of thiophene rings is 1. The molecule has 0 bridgehead atoms. The highest BCUT2D eigenvalue weighted by Gasteiger charge is 2.20. The van der Waals surface area contributed by atoms with Gasteiger partial charge in [-0.3, -0.25) is 9.80 Å². The van der Waals surface area contributed by atoms with Crippen molar-refractivity contribution in [3.05, 3.63) is 33.0 Å². The fourth-order valence-electron chi connectivity index (χ4n) is 1.82. The molecule has 0 unspecified atom stereocenters. The van der Waals surface area contributed by atoms with Crippen LogP contribution in [0.4, 0.5) is 0 Å². The first-order valence-corrected chi connectivity index (χ1v) is 8.12. The molecule has 0 N–H and O–H groups in total. The zero-order valence-corrected chi connectivity index (χ0v) is 13.1. The topological polar surface area (TPSA) is 32.7 Å². The van der Waals surface area contributed by atoms with Gasteiger partial charge in [-0.2, -0.15) is 5.10 Å². The van der Waals surface area contributed by atoms with Crippen molar-refractivity contribution in [2.75, 3.05) is 6.54 Å². The minimum absolute atomic E-state index is 0.0846. The van der Waals surface area contributed by atoms with E-state index in [2.05, 4.69) is 12.0 Å². The van der Waals surface area contributed by atoms with Crippen LogP contribution in [-0.4, -0.2) is 22.4 Å². The summed E-state index contributed by atoms with van der Waals surface area (Å²) in [6.07, 6.45) is 3.93. The summed E-state index contributed by atoms with van der Waals surface area (Å²) in [7, 11) is 0. The van der Waals surface area contributed by atoms with Crippen LogP contribution in [0.5, 0.6) is 0 Å². The first kappa shape index (κ1) is 14.3. The van der Waals surface area contributed by atoms with Crippen molar-refractivity contribution in [2.24, 2.45) is 5.10 Å². The highest BCUT2D eigenvalue weighted by atomic mass is 32.2. The van der Waals surface area contributed by atoms with Gasteiger partial charge in [0.2, 0.25) is 0 Å². The minimum Gasteiger partial charge on any atom is -0.288 e. The highest BCUT2D eigenvalue weighted by Crippen LogP contribution is 2.31. The maximum Gasteiger partial charge on any atom is 0.198 e. The van der Waals surface area contributed by atoms with E-state index in [4.69, 9.17) is 0 Å². The van der Waals surface area contributed by atoms with Crippen molar-refractivity contribution < 1.29 is 4.79 Å². The van der Waals surface area contributed by atoms with E-state index in [9.17, 15) is 4.79 Å². The first-order chi connectivity index (χ1) is 9.11. The molecule has 2 rings (SSSR count). The van der Waals surface area contributed by atoms with Gasteiger partial charge in [-0.05, 0) is 37.3 Å². The number of nitrogens with zero attached hydrogens (tertiary/aromatic N) is 2. The fraction of sp³-hybridized carbons (Fsp3) is 0.429. The number of hydrazone groups is 1. The van der Waals surface area contributed by atoms with Gasteiger partial charge in [0.25, 0.3) is 0 Å². The molecule has 0 saturated heterocycles. The van der Waals surface area contributed by atoms with Crippen molar-refractivity contribution in [3.63, 3.8) is 0 Å². The van der Waals surface area contributed by atoms with Gasteiger partial charge in [-0.25, -0.2) is 0 Å². The third-order valence-electron chi connectivity index (χ3n) is 2.83. The molecule has 5 heteroatoms. The molecule has 0 saturated carbocycles. The van der Waals surface area contributed by atoms with Crippen molar-refractivity contribution >= 4 is 33.9 Å². The molecule has 1 aromatic heterocycles. The van der Waals surface area contributed by atoms with E-state index >= 15 is 0 Å². The predicted molar refractivity (Wildman–Crippen MR) is 83.8 cm³/mol. The molecule has 2 heterocycles. The van der Waals surface area contributed by atoms with Gasteiger partial charge in [0, 0.05) is 12.6 Å². The molecule has 1 aliphatic heterocycles. The maximum atomic E-state index is 12.3. The number of rotatable bonds is 5. The van der Waals surface area contributed by atoms with Gasteiger partial charge in [-0.1, -0.05) is 25.1 Å². The smallest absolute Gasteiger partial charge is 0.198 e. The normalized spacial score (nSPS) is 17.1. The second kappa shape index (κ2) is 6.39. The van der Waals surface area contributed by atoms with Crippen LogP contribution in [0.1, 0.15) is 41.9 Å². The van der Waals surface area contributed by atoms with Gasteiger partial charge >= 0.3 is 0 Å². The van der Waals surface area contributed by atoms with E-state index in [0.717, 1.165) is 39.9 Å². The SMILES string of the molecule is CCCCN1N=C(C)SC1=CC(=O)c1sccc1C. The average Bonchev–Trinajstić information content (AvgIpc) is 2.93. The van der Waals surface area contributed by atoms with Crippen LogP contribution in [0.25, 0.3) is 0 Å². The van der Waals surface area contributed by atoms with Gasteiger partial charge in [-0.15, -0.1) is 11.3 Å². The number of hydrogen-bond donors (Lipinski definition) is 0. The van der Waals surface area contributed by atoms with E-state index in [1.54, 1.807) is 17.8 Å². The van der Waals surface area contributed by atoms with Gasteiger partial charge in [0.1, 0.15) is 5.03 Å². The molecule has 0 atom stereocenters. The zero-order valence-electron chi connectivity index (χ0n) is 11.5. The van der Waals surface area contributed by atoms with Crippen molar-refractivity contribution in [1.29, 1.82) is 0 Å². The number of unbranched alkanes of at least 4 members (excludes halogenated alkanes) is 1. The molecule has 102 valence electrons. The molecule has 1 aliphatic rings. The van der Waals surface area contributed by atoms with E-state index in [1.807, 2.05) is 30.3 Å². The fourth-order valence-corrected chi connectivity index (χ4v) is 3.50. The maximum absolute atomic E-state index is 12.3. The Morgan fingerprint density at radius 3 is 2.89 bits per heavy atom. The Morgan fingerprint density at radius 1 is 1.47 bits per heavy atom. The Labute approximate surface area is 122 Å². The van der Waals surface area contributed by atoms with Crippen LogP contribution in [0.2, 0.25) is 0 Å². The van der Waals surface area contributed by atoms with Crippen molar-refractivity contribution in [3.8, 4) is 0 Å². The number of carbonyl (C=O) groups is 1. The quantitative estimate of drug-likeness (QED) is 0.601. The monoisotopic (exact) mass is 294 g/mol. The summed E-state index contributed by atoms with van der Waals surface area (Å²) in [5, 5.41) is 10.3. The molecule has 0 aliphatic carbocycles. The van der Waals surface area contributed by atoms with Gasteiger partial charge < -0.3 is 0 Å². The standard InChI is InChI=1S/C14H18N2OS2/c1-4-5-7-16-13(19-11(3)15-16)9-12(17)14-10(2)6-8-18-14/h6,8-9H,4-5,7H2,1-3H3. The summed E-state index contributed by atoms with van der Waals surface area (Å²) in [6, 6.07) is 1.98. The number of hydrogen-bond acceptors (Lipinski definition) is 5. The summed E-state index contributed by atoms with van der Waals surface area (Å²) in [5.74, 6) is 0.0846. The second-order valence-electron chi connectivity index (χ2n) is 4.48. The molecular weight excluding hydrogens is 276 g/mol. The molecule has 0 amide bonds. The third-order valence-corrected chi connectivity index (χ3v) is 4.78. The van der Waals surface area contributed by atoms with Crippen LogP contribution in [-0.2, 0) is 0 Å². The Kier molecular flexibility index (Phi) is 4.82. The Hall–Kier alpha value is -1.07. The summed E-state index contributed by atoms with van der Waals surface area (Å²) in [5.41, 5.74) is 1.05. The molecule has 0 spiro atoms. The second-order valence-corrected chi connectivity index (χ2v) is 6.61. The number of allylic oxidation sites excluding steroid dienone is 1. The van der Waals surface area contributed by atoms with Gasteiger partial charge in [0.05, 0.1) is 9.92 Å². The lowest BCUT2D eigenvalue weighted by molar-refractivity contribution is 0.104. The van der Waals surface area contributed by atoms with Crippen LogP contribution in [0.3, 0.4) is 0 Å². The van der Waals surface area contributed by atoms with Gasteiger partial charge in [0.15, 0.2) is 5.78 Å². The summed E-state index contributed by atoms with van der Waals surface area (Å²) in [6.45, 7) is 6.98. The van der Waals surface area contributed by atoms with Crippen LogP contribution in [0.15, 0.2) is 27.7 Å². The lowest BCUT2D eigenvalue weighted by atomic mass is 10.2. The predicted octanol–water partition coefficient (Wildman–Crippen LogP) is 4.26. The number of thioether (sulfide) groups is 1. The van der Waals surface area contributed by atoms with Crippen LogP contribution < -0.4 is 0 Å². The Bertz CT molecular complexity index is 531. The number of carbonyl (C=O) groups excluding carboxylic acids is 1. The molecular formula is C14H18N2OS2. The van der Waals surface area contributed by atoms with E-state index < -0.39 is 0 Å². The Morgan fingerprint density at radius 2 is 2.26 bits per heavy atom. The first-order valence-electron chi connectivity index (χ1n) is 6.42. The van der Waals surface area contributed by atoms with Crippen molar-refractivity contribution in [2.45, 2.75) is 33.6 Å². The third kappa shape index (κ3) is 3.48. The van der Waals surface area contributed by atoms with E-state index in [-0.39, 0.29) is 5.78 Å². The molecule has 1 aromatic rings. The molecule has 19 heavy (non-hydrogen) atoms. The van der Waals surface area contributed by atoms with Crippen LogP contribution in [0, 0.1) is 6.92 Å². The lowest BCUT2D eigenvalue weighted by Crippen LogP contribution is -2.14. The van der Waals surface area contributed by atoms with Crippen LogP contribution >= 0.6 is 23.1 Å². The number of ketones is 1. The van der Waals surface area contributed by atoms with Crippen molar-refractivity contribution in [1.82, 2.24) is 5.01 Å². The summed E-state index contributed by atoms with van der Waals surface area (Å²) >= 11 is 3.08. The highest BCUT2D eigenvalue weighted by molar-refractivity contribution is 8.17. The molecule has 0 radical (unpaired) electrons. The minimum atomic E-state index is 0.0846. The Balaban J connectivity index is 2.14.